The van der Waals surface area contributed by atoms with Crippen LogP contribution in [-0.4, -0.2) is 67.0 Å². The summed E-state index contributed by atoms with van der Waals surface area (Å²) in [5.41, 5.74) is 1.39. The minimum Gasteiger partial charge on any atom is -0.379 e. The van der Waals surface area contributed by atoms with Gasteiger partial charge in [-0.2, -0.15) is 0 Å². The van der Waals surface area contributed by atoms with E-state index in [0.29, 0.717) is 11.6 Å². The molecule has 2 aliphatic heterocycles. The summed E-state index contributed by atoms with van der Waals surface area (Å²) in [6.07, 6.45) is 4.33. The Kier molecular flexibility index (Phi) is 6.63. The number of carbonyl (C=O) groups excluding carboxylic acids is 2. The van der Waals surface area contributed by atoms with Gasteiger partial charge >= 0.3 is 6.03 Å². The smallest absolute Gasteiger partial charge is 0.322 e. The van der Waals surface area contributed by atoms with E-state index in [1.165, 1.54) is 6.42 Å². The Morgan fingerprint density at radius 3 is 2.54 bits per heavy atom. The molecule has 26 heavy (non-hydrogen) atoms. The summed E-state index contributed by atoms with van der Waals surface area (Å²) in [5.74, 6) is 0.0297. The van der Waals surface area contributed by atoms with Crippen LogP contribution in [0.1, 0.15) is 43.0 Å². The Labute approximate surface area is 155 Å². The number of ketones is 1. The van der Waals surface area contributed by atoms with E-state index in [0.717, 1.165) is 64.3 Å². The normalized spacial score (nSPS) is 21.4. The molecule has 0 aliphatic carbocycles. The number of nitrogens with one attached hydrogen (secondary N) is 1. The first-order valence-electron chi connectivity index (χ1n) is 9.62. The van der Waals surface area contributed by atoms with E-state index in [9.17, 15) is 9.59 Å². The van der Waals surface area contributed by atoms with Crippen molar-refractivity contribution in [3.63, 3.8) is 0 Å². The Bertz CT molecular complexity index is 611. The van der Waals surface area contributed by atoms with Gasteiger partial charge in [-0.15, -0.1) is 0 Å². The second kappa shape index (κ2) is 9.14. The van der Waals surface area contributed by atoms with Crippen LogP contribution in [0.2, 0.25) is 0 Å². The van der Waals surface area contributed by atoms with Crippen molar-refractivity contribution in [1.29, 1.82) is 0 Å². The Balaban J connectivity index is 1.55. The molecule has 2 aliphatic rings. The third-order valence-corrected chi connectivity index (χ3v) is 5.31. The van der Waals surface area contributed by atoms with E-state index >= 15 is 0 Å². The highest BCUT2D eigenvalue weighted by atomic mass is 16.5. The Hall–Kier alpha value is -1.92. The van der Waals surface area contributed by atoms with Gasteiger partial charge in [0.1, 0.15) is 0 Å². The average Bonchev–Trinajstić information content (AvgIpc) is 2.68. The fourth-order valence-electron chi connectivity index (χ4n) is 3.71. The zero-order chi connectivity index (χ0) is 18.4. The summed E-state index contributed by atoms with van der Waals surface area (Å²) >= 11 is 0. The van der Waals surface area contributed by atoms with Gasteiger partial charge in [-0.1, -0.05) is 0 Å². The van der Waals surface area contributed by atoms with Gasteiger partial charge in [0.2, 0.25) is 0 Å². The highest BCUT2D eigenvalue weighted by Crippen LogP contribution is 2.22. The van der Waals surface area contributed by atoms with Gasteiger partial charge in [-0.25, -0.2) is 4.79 Å². The van der Waals surface area contributed by atoms with Crippen molar-refractivity contribution in [2.75, 3.05) is 44.7 Å². The summed E-state index contributed by atoms with van der Waals surface area (Å²) in [5, 5.41) is 2.99. The molecule has 6 heteroatoms. The second-order valence-corrected chi connectivity index (χ2v) is 7.15. The van der Waals surface area contributed by atoms with Gasteiger partial charge in [0, 0.05) is 43.5 Å². The van der Waals surface area contributed by atoms with Crippen LogP contribution >= 0.6 is 0 Å². The maximum Gasteiger partial charge on any atom is 0.322 e. The molecule has 0 unspecified atom stereocenters. The van der Waals surface area contributed by atoms with Crippen LogP contribution in [0, 0.1) is 0 Å². The molecule has 1 aromatic rings. The van der Waals surface area contributed by atoms with E-state index in [2.05, 4.69) is 10.2 Å². The fraction of sp³-hybridized carbons (Fsp3) is 0.600. The molecule has 0 saturated carbocycles. The summed E-state index contributed by atoms with van der Waals surface area (Å²) in [6.45, 7) is 6.97. The molecule has 6 nitrogen and oxygen atoms in total. The van der Waals surface area contributed by atoms with Gasteiger partial charge in [-0.05, 0) is 56.9 Å². The summed E-state index contributed by atoms with van der Waals surface area (Å²) in [4.78, 5) is 28.5. The van der Waals surface area contributed by atoms with Crippen molar-refractivity contribution in [2.24, 2.45) is 0 Å². The van der Waals surface area contributed by atoms with Gasteiger partial charge in [-0.3, -0.25) is 9.69 Å². The summed E-state index contributed by atoms with van der Waals surface area (Å²) in [6, 6.07) is 7.35. The number of morpholine rings is 1. The van der Waals surface area contributed by atoms with Gasteiger partial charge in [0.05, 0.1) is 13.2 Å². The van der Waals surface area contributed by atoms with Gasteiger partial charge < -0.3 is 15.0 Å². The Morgan fingerprint density at radius 2 is 1.85 bits per heavy atom. The molecule has 2 fully saturated rings. The maximum absolute atomic E-state index is 12.8. The minimum absolute atomic E-state index is 0.0297. The Morgan fingerprint density at radius 1 is 1.12 bits per heavy atom. The van der Waals surface area contributed by atoms with Crippen LogP contribution < -0.4 is 5.32 Å². The van der Waals surface area contributed by atoms with E-state index < -0.39 is 0 Å². The molecule has 0 spiro atoms. The lowest BCUT2D eigenvalue weighted by atomic mass is 9.99. The van der Waals surface area contributed by atoms with Crippen molar-refractivity contribution < 1.29 is 14.3 Å². The summed E-state index contributed by atoms with van der Waals surface area (Å²) in [7, 11) is 0. The number of likely N-dealkylation sites (tertiary alicyclic amines) is 1. The van der Waals surface area contributed by atoms with Crippen molar-refractivity contribution >= 4 is 17.5 Å². The van der Waals surface area contributed by atoms with Gasteiger partial charge in [0.25, 0.3) is 0 Å². The standard InChI is InChI=1S/C20H29N3O3/c1-16(24)17-5-7-18(8-6-17)21-20(25)23-10-3-2-4-19(23)9-11-22-12-14-26-15-13-22/h5-8,19H,2-4,9-15H2,1H3,(H,21,25)/t19-/m1/s1. The number of nitrogens with zero attached hydrogens (tertiary/aromatic N) is 2. The van der Waals surface area contributed by atoms with Crippen LogP contribution in [0.4, 0.5) is 10.5 Å². The topological polar surface area (TPSA) is 61.9 Å². The zero-order valence-corrected chi connectivity index (χ0v) is 15.6. The van der Waals surface area contributed by atoms with Gasteiger partial charge in [0.15, 0.2) is 5.78 Å². The van der Waals surface area contributed by atoms with Crippen molar-refractivity contribution in [3.8, 4) is 0 Å². The van der Waals surface area contributed by atoms with E-state index in [1.807, 2.05) is 4.90 Å². The maximum atomic E-state index is 12.8. The molecule has 1 aromatic carbocycles. The largest absolute Gasteiger partial charge is 0.379 e. The number of piperidine rings is 1. The molecule has 0 bridgehead atoms. The monoisotopic (exact) mass is 359 g/mol. The molecule has 2 saturated heterocycles. The molecule has 0 radical (unpaired) electrons. The number of hydrogen-bond donors (Lipinski definition) is 1. The van der Waals surface area contributed by atoms with Crippen LogP contribution in [0.5, 0.6) is 0 Å². The molecule has 1 N–H and O–H groups in total. The zero-order valence-electron chi connectivity index (χ0n) is 15.6. The minimum atomic E-state index is -0.0350. The number of benzene rings is 1. The lowest BCUT2D eigenvalue weighted by Gasteiger charge is -2.37. The van der Waals surface area contributed by atoms with Crippen LogP contribution in [0.15, 0.2) is 24.3 Å². The highest BCUT2D eigenvalue weighted by molar-refractivity contribution is 5.95. The molecule has 2 heterocycles. The molecular weight excluding hydrogens is 330 g/mol. The number of rotatable bonds is 5. The molecule has 1 atom stereocenters. The highest BCUT2D eigenvalue weighted by Gasteiger charge is 2.27. The van der Waals surface area contributed by atoms with E-state index in [4.69, 9.17) is 4.74 Å². The molecule has 0 aromatic heterocycles. The van der Waals surface area contributed by atoms with E-state index in [1.54, 1.807) is 31.2 Å². The number of anilines is 1. The molecule has 2 amide bonds. The van der Waals surface area contributed by atoms with Crippen LogP contribution in [-0.2, 0) is 4.74 Å². The number of carbonyl (C=O) groups is 2. The quantitative estimate of drug-likeness (QED) is 0.821. The number of ether oxygens (including phenoxy) is 1. The van der Waals surface area contributed by atoms with Crippen molar-refractivity contribution in [2.45, 2.75) is 38.6 Å². The lowest BCUT2D eigenvalue weighted by Crippen LogP contribution is -2.48. The number of amides is 2. The average molecular weight is 359 g/mol. The first kappa shape index (κ1) is 18.9. The fourth-order valence-corrected chi connectivity index (χ4v) is 3.71. The predicted octanol–water partition coefficient (Wildman–Crippen LogP) is 3.00. The first-order valence-corrected chi connectivity index (χ1v) is 9.62. The number of Topliss-reactive ketones (excluding diaryl/α,β-unsaturated/α-hetero) is 1. The second-order valence-electron chi connectivity index (χ2n) is 7.15. The van der Waals surface area contributed by atoms with Crippen molar-refractivity contribution in [3.05, 3.63) is 29.8 Å². The third kappa shape index (κ3) is 5.05. The first-order chi connectivity index (χ1) is 12.6. The molecule has 142 valence electrons. The number of hydrogen-bond acceptors (Lipinski definition) is 4. The predicted molar refractivity (Wildman–Crippen MR) is 102 cm³/mol. The van der Waals surface area contributed by atoms with Crippen LogP contribution in [0.3, 0.4) is 0 Å². The van der Waals surface area contributed by atoms with Crippen molar-refractivity contribution in [1.82, 2.24) is 9.80 Å². The lowest BCUT2D eigenvalue weighted by molar-refractivity contribution is 0.0329. The number of urea groups is 1. The molecular formula is C20H29N3O3. The SMILES string of the molecule is CC(=O)c1ccc(NC(=O)N2CCCC[C@@H]2CCN2CCOCC2)cc1. The van der Waals surface area contributed by atoms with Crippen LogP contribution in [0.25, 0.3) is 0 Å². The molecule has 3 rings (SSSR count). The van der Waals surface area contributed by atoms with E-state index in [-0.39, 0.29) is 11.8 Å². The summed E-state index contributed by atoms with van der Waals surface area (Å²) < 4.78 is 5.40. The third-order valence-electron chi connectivity index (χ3n) is 5.31.